The lowest BCUT2D eigenvalue weighted by molar-refractivity contribution is -0.155. The zero-order chi connectivity index (χ0) is 28.4. The molecule has 0 amide bonds. The number of carbonyl (C=O) groups is 1. The van der Waals surface area contributed by atoms with Crippen LogP contribution in [0.15, 0.2) is 48.7 Å². The van der Waals surface area contributed by atoms with Crippen molar-refractivity contribution in [2.45, 2.75) is 72.2 Å². The van der Waals surface area contributed by atoms with Crippen LogP contribution in [0.25, 0.3) is 21.5 Å². The maximum absolute atomic E-state index is 12.9. The van der Waals surface area contributed by atoms with Crippen LogP contribution in [0.4, 0.5) is 13.2 Å². The van der Waals surface area contributed by atoms with E-state index < -0.39 is 17.3 Å². The molecule has 0 aliphatic rings. The van der Waals surface area contributed by atoms with Gasteiger partial charge in [0.2, 0.25) is 0 Å². The quantitative estimate of drug-likeness (QED) is 0.195. The topological polar surface area (TPSA) is 53.4 Å². The molecule has 0 spiro atoms. The van der Waals surface area contributed by atoms with Crippen molar-refractivity contribution in [2.75, 3.05) is 6.61 Å². The number of thiazole rings is 1. The van der Waals surface area contributed by atoms with E-state index in [1.807, 2.05) is 56.7 Å². The summed E-state index contributed by atoms with van der Waals surface area (Å²) in [5.41, 5.74) is 2.36. The van der Waals surface area contributed by atoms with Crippen molar-refractivity contribution >= 4 is 28.2 Å². The summed E-state index contributed by atoms with van der Waals surface area (Å²) >= 11 is 1.46. The van der Waals surface area contributed by atoms with Crippen LogP contribution < -0.4 is 4.74 Å². The van der Waals surface area contributed by atoms with E-state index in [2.05, 4.69) is 11.9 Å². The first kappa shape index (κ1) is 28.7. The van der Waals surface area contributed by atoms with Gasteiger partial charge in [0.1, 0.15) is 22.9 Å². The van der Waals surface area contributed by atoms with Gasteiger partial charge in [0.15, 0.2) is 0 Å². The summed E-state index contributed by atoms with van der Waals surface area (Å²) in [6, 6.07) is 11.0. The van der Waals surface area contributed by atoms with E-state index in [0.29, 0.717) is 29.3 Å². The number of aryl methyl sites for hydroxylation is 2. The van der Waals surface area contributed by atoms with Crippen LogP contribution in [-0.4, -0.2) is 27.7 Å². The van der Waals surface area contributed by atoms with Gasteiger partial charge in [0.05, 0.1) is 23.4 Å². The van der Waals surface area contributed by atoms with E-state index in [4.69, 9.17) is 9.47 Å². The lowest BCUT2D eigenvalue weighted by Crippen LogP contribution is -2.26. The van der Waals surface area contributed by atoms with Crippen LogP contribution >= 0.6 is 11.3 Å². The van der Waals surface area contributed by atoms with Gasteiger partial charge in [-0.1, -0.05) is 25.5 Å². The fraction of sp³-hybridized carbons (Fsp3) is 0.400. The molecule has 0 saturated heterocycles. The first-order valence-corrected chi connectivity index (χ1v) is 13.8. The summed E-state index contributed by atoms with van der Waals surface area (Å²) in [6.45, 7) is 10.1. The molecule has 0 aliphatic heterocycles. The largest absolute Gasteiger partial charge is 0.493 e. The van der Waals surface area contributed by atoms with Crippen LogP contribution in [0.5, 0.6) is 5.75 Å². The van der Waals surface area contributed by atoms with Gasteiger partial charge in [-0.25, -0.2) is 4.98 Å². The molecule has 0 saturated carbocycles. The lowest BCUT2D eigenvalue weighted by atomic mass is 10.1. The van der Waals surface area contributed by atoms with Crippen LogP contribution in [0, 0.1) is 6.92 Å². The van der Waals surface area contributed by atoms with Crippen molar-refractivity contribution in [1.82, 2.24) is 9.55 Å². The summed E-state index contributed by atoms with van der Waals surface area (Å²) in [6.07, 6.45) is 0.168. The number of hydrogen-bond acceptors (Lipinski definition) is 5. The standard InChI is InChI=1S/C30H33F3N2O3S/c1-6-7-21-17-35(18-27(36)38-29(3,4)5)25-16-23(12-13-24(21)25)37-15-14-26-19(2)34-28(39-26)20-8-10-22(11-9-20)30(31,32)33/h8-13,16-17H,6-7,14-15,18H2,1-5H3. The highest BCUT2D eigenvalue weighted by molar-refractivity contribution is 7.15. The van der Waals surface area contributed by atoms with Crippen LogP contribution in [-0.2, 0) is 35.1 Å². The maximum Gasteiger partial charge on any atom is 0.416 e. The molecule has 5 nitrogen and oxygen atoms in total. The molecule has 0 aliphatic carbocycles. The average Bonchev–Trinajstić information content (AvgIpc) is 3.37. The Morgan fingerprint density at radius 2 is 1.77 bits per heavy atom. The molecule has 39 heavy (non-hydrogen) atoms. The number of ether oxygens (including phenoxy) is 2. The number of fused-ring (bicyclic) bond motifs is 1. The molecule has 4 rings (SSSR count). The van der Waals surface area contributed by atoms with Crippen molar-refractivity contribution < 1.29 is 27.4 Å². The molecule has 2 aromatic heterocycles. The van der Waals surface area contributed by atoms with Gasteiger partial charge >= 0.3 is 12.1 Å². The van der Waals surface area contributed by atoms with E-state index in [1.54, 1.807) is 0 Å². The highest BCUT2D eigenvalue weighted by Crippen LogP contribution is 2.33. The zero-order valence-corrected chi connectivity index (χ0v) is 23.6. The normalized spacial score (nSPS) is 12.2. The Hall–Kier alpha value is -3.33. The Kier molecular flexibility index (Phi) is 8.39. The number of rotatable bonds is 9. The minimum Gasteiger partial charge on any atom is -0.493 e. The number of hydrogen-bond donors (Lipinski definition) is 0. The third-order valence-electron chi connectivity index (χ3n) is 6.12. The zero-order valence-electron chi connectivity index (χ0n) is 22.8. The molecule has 4 aromatic rings. The molecule has 0 unspecified atom stereocenters. The number of benzene rings is 2. The fourth-order valence-corrected chi connectivity index (χ4v) is 5.45. The fourth-order valence-electron chi connectivity index (χ4n) is 4.40. The smallest absolute Gasteiger partial charge is 0.416 e. The van der Waals surface area contributed by atoms with Gasteiger partial charge in [0, 0.05) is 34.5 Å². The molecule has 0 bridgehead atoms. The summed E-state index contributed by atoms with van der Waals surface area (Å²) in [7, 11) is 0. The van der Waals surface area contributed by atoms with Gasteiger partial charge in [-0.2, -0.15) is 13.2 Å². The van der Waals surface area contributed by atoms with E-state index in [0.717, 1.165) is 46.4 Å². The molecule has 208 valence electrons. The SMILES string of the molecule is CCCc1cn(CC(=O)OC(C)(C)C)c2cc(OCCc3sc(-c4ccc(C(F)(F)F)cc4)nc3C)ccc12. The molecule has 0 fully saturated rings. The lowest BCUT2D eigenvalue weighted by Gasteiger charge is -2.19. The third kappa shape index (κ3) is 7.20. The number of aromatic nitrogens is 2. The number of halogens is 3. The Morgan fingerprint density at radius 3 is 2.41 bits per heavy atom. The highest BCUT2D eigenvalue weighted by Gasteiger charge is 2.30. The highest BCUT2D eigenvalue weighted by atomic mass is 32.1. The predicted octanol–water partition coefficient (Wildman–Crippen LogP) is 8.01. The predicted molar refractivity (Wildman–Crippen MR) is 148 cm³/mol. The Balaban J connectivity index is 1.46. The summed E-state index contributed by atoms with van der Waals surface area (Å²) in [5.74, 6) is 0.400. The van der Waals surface area contributed by atoms with Crippen molar-refractivity contribution in [3.8, 4) is 16.3 Å². The van der Waals surface area contributed by atoms with Gasteiger partial charge < -0.3 is 14.0 Å². The summed E-state index contributed by atoms with van der Waals surface area (Å²) in [5, 5.41) is 1.77. The molecular formula is C30H33F3N2O3S. The second-order valence-corrected chi connectivity index (χ2v) is 11.6. The van der Waals surface area contributed by atoms with Gasteiger partial charge in [-0.3, -0.25) is 4.79 Å². The van der Waals surface area contributed by atoms with Crippen LogP contribution in [0.1, 0.15) is 55.8 Å². The van der Waals surface area contributed by atoms with Gasteiger partial charge in [0.25, 0.3) is 0 Å². The number of nitrogens with zero attached hydrogens (tertiary/aromatic N) is 2. The Morgan fingerprint density at radius 1 is 1.05 bits per heavy atom. The van der Waals surface area contributed by atoms with Gasteiger partial charge in [-0.05, 0) is 63.9 Å². The molecule has 0 atom stereocenters. The van der Waals surface area contributed by atoms with E-state index in [-0.39, 0.29) is 12.5 Å². The summed E-state index contributed by atoms with van der Waals surface area (Å²) < 4.78 is 52.2. The average molecular weight is 559 g/mol. The van der Waals surface area contributed by atoms with Gasteiger partial charge in [-0.15, -0.1) is 11.3 Å². The summed E-state index contributed by atoms with van der Waals surface area (Å²) in [4.78, 5) is 18.1. The van der Waals surface area contributed by atoms with E-state index >= 15 is 0 Å². The molecule has 9 heteroatoms. The minimum atomic E-state index is -4.36. The molecule has 2 aromatic carbocycles. The van der Waals surface area contributed by atoms with Crippen molar-refractivity contribution in [2.24, 2.45) is 0 Å². The number of alkyl halides is 3. The molecular weight excluding hydrogens is 525 g/mol. The number of carbonyl (C=O) groups excluding carboxylic acids is 1. The minimum absolute atomic E-state index is 0.119. The van der Waals surface area contributed by atoms with Crippen molar-refractivity contribution in [1.29, 1.82) is 0 Å². The van der Waals surface area contributed by atoms with E-state index in [9.17, 15) is 18.0 Å². The Labute approximate surface area is 230 Å². The third-order valence-corrected chi connectivity index (χ3v) is 7.39. The van der Waals surface area contributed by atoms with Crippen LogP contribution in [0.3, 0.4) is 0 Å². The molecule has 0 N–H and O–H groups in total. The molecule has 0 radical (unpaired) electrons. The number of esters is 1. The van der Waals surface area contributed by atoms with Crippen molar-refractivity contribution in [3.05, 3.63) is 70.4 Å². The Bertz CT molecular complexity index is 1450. The first-order valence-electron chi connectivity index (χ1n) is 12.9. The molecule has 2 heterocycles. The second-order valence-electron chi connectivity index (χ2n) is 10.5. The van der Waals surface area contributed by atoms with Crippen LogP contribution in [0.2, 0.25) is 0 Å². The second kappa shape index (κ2) is 11.4. The van der Waals surface area contributed by atoms with Crippen molar-refractivity contribution in [3.63, 3.8) is 0 Å². The first-order chi connectivity index (χ1) is 18.3. The maximum atomic E-state index is 12.9. The van der Waals surface area contributed by atoms with E-state index in [1.165, 1.54) is 29.0 Å². The monoisotopic (exact) mass is 558 g/mol.